The first kappa shape index (κ1) is 23.2. The summed E-state index contributed by atoms with van der Waals surface area (Å²) in [7, 11) is -1.82. The number of methoxy groups -OCH3 is 1. The second-order valence-corrected chi connectivity index (χ2v) is 10.3. The van der Waals surface area contributed by atoms with E-state index in [9.17, 15) is 13.2 Å². The van der Waals surface area contributed by atoms with Crippen molar-refractivity contribution in [2.75, 3.05) is 52.6 Å². The highest BCUT2D eigenvalue weighted by molar-refractivity contribution is 7.88. The van der Waals surface area contributed by atoms with Crippen LogP contribution in [0.5, 0.6) is 0 Å². The fourth-order valence-corrected chi connectivity index (χ4v) is 5.57. The molecule has 0 aromatic carbocycles. The van der Waals surface area contributed by atoms with Gasteiger partial charge in [0.05, 0.1) is 18.4 Å². The second kappa shape index (κ2) is 10.2. The normalized spacial score (nSPS) is 21.3. The zero-order valence-corrected chi connectivity index (χ0v) is 19.1. The maximum absolute atomic E-state index is 13.1. The summed E-state index contributed by atoms with van der Waals surface area (Å²) in [6.45, 7) is 6.20. The summed E-state index contributed by atoms with van der Waals surface area (Å²) in [6.07, 6.45) is 6.36. The molecule has 3 rings (SSSR count). The predicted molar refractivity (Wildman–Crippen MR) is 113 cm³/mol. The summed E-state index contributed by atoms with van der Waals surface area (Å²) in [5, 5.41) is 3.94. The van der Waals surface area contributed by atoms with Gasteiger partial charge in [0, 0.05) is 39.3 Å². The first-order chi connectivity index (χ1) is 14.3. The Labute approximate surface area is 179 Å². The molecule has 30 heavy (non-hydrogen) atoms. The molecule has 2 aliphatic heterocycles. The van der Waals surface area contributed by atoms with Gasteiger partial charge in [0.1, 0.15) is 5.76 Å². The minimum absolute atomic E-state index is 0.221. The van der Waals surface area contributed by atoms with Crippen LogP contribution >= 0.6 is 0 Å². The molecule has 0 radical (unpaired) electrons. The number of aromatic nitrogens is 1. The minimum atomic E-state index is -3.38. The lowest BCUT2D eigenvalue weighted by Crippen LogP contribution is -2.53. The Morgan fingerprint density at radius 3 is 2.63 bits per heavy atom. The maximum atomic E-state index is 13.1. The van der Waals surface area contributed by atoms with Crippen LogP contribution in [-0.2, 0) is 21.4 Å². The number of nitrogens with zero attached hydrogens (tertiary/aromatic N) is 4. The van der Waals surface area contributed by atoms with E-state index in [0.29, 0.717) is 31.0 Å². The Bertz CT molecular complexity index is 819. The van der Waals surface area contributed by atoms with Crippen molar-refractivity contribution in [2.24, 2.45) is 0 Å². The van der Waals surface area contributed by atoms with Crippen LogP contribution in [0, 0.1) is 6.92 Å². The lowest BCUT2D eigenvalue weighted by Gasteiger charge is -2.39. The number of aryl methyl sites for hydroxylation is 1. The van der Waals surface area contributed by atoms with Crippen LogP contribution in [0.15, 0.2) is 4.52 Å². The molecule has 2 fully saturated rings. The Balaban J connectivity index is 1.69. The van der Waals surface area contributed by atoms with E-state index in [0.717, 1.165) is 32.5 Å². The molecule has 1 unspecified atom stereocenters. The molecule has 0 spiro atoms. The van der Waals surface area contributed by atoms with Gasteiger partial charge in [0.15, 0.2) is 5.69 Å². The van der Waals surface area contributed by atoms with Gasteiger partial charge in [-0.1, -0.05) is 11.6 Å². The number of likely N-dealkylation sites (tertiary alicyclic amines) is 2. The number of amides is 1. The van der Waals surface area contributed by atoms with E-state index in [4.69, 9.17) is 9.26 Å². The molecule has 170 valence electrons. The van der Waals surface area contributed by atoms with Gasteiger partial charge < -0.3 is 19.1 Å². The average Bonchev–Trinajstić information content (AvgIpc) is 3.08. The van der Waals surface area contributed by atoms with Crippen molar-refractivity contribution in [3.8, 4) is 0 Å². The van der Waals surface area contributed by atoms with E-state index >= 15 is 0 Å². The van der Waals surface area contributed by atoms with Gasteiger partial charge in [-0.2, -0.15) is 4.31 Å². The standard InChI is InChI=1S/C20H34N4O5S/c1-16-18(15-28-2)19(21-29-16)20(25)23-11-7-8-17(14-23)24(30(3,26)27)13-12-22-9-5-4-6-10-22/h17H,4-15H2,1-3H3. The predicted octanol–water partition coefficient (Wildman–Crippen LogP) is 1.48. The summed E-state index contributed by atoms with van der Waals surface area (Å²) in [6, 6.07) is -0.221. The molecule has 2 saturated heterocycles. The summed E-state index contributed by atoms with van der Waals surface area (Å²) in [4.78, 5) is 17.1. The molecule has 9 nitrogen and oxygen atoms in total. The van der Waals surface area contributed by atoms with Crippen LogP contribution < -0.4 is 0 Å². The molecule has 2 aliphatic rings. The zero-order valence-electron chi connectivity index (χ0n) is 18.3. The number of ether oxygens (including phenoxy) is 1. The van der Waals surface area contributed by atoms with E-state index in [1.54, 1.807) is 23.2 Å². The highest BCUT2D eigenvalue weighted by atomic mass is 32.2. The fourth-order valence-electron chi connectivity index (χ4n) is 4.44. The minimum Gasteiger partial charge on any atom is -0.380 e. The molecule has 0 saturated carbocycles. The first-order valence-corrected chi connectivity index (χ1v) is 12.6. The SMILES string of the molecule is COCc1c(C(=O)N2CCCC(N(CCN3CCCCC3)S(C)(=O)=O)C2)noc1C. The smallest absolute Gasteiger partial charge is 0.276 e. The van der Waals surface area contributed by atoms with Gasteiger partial charge in [0.2, 0.25) is 10.0 Å². The Hall–Kier alpha value is -1.49. The quantitative estimate of drug-likeness (QED) is 0.602. The van der Waals surface area contributed by atoms with Crippen molar-refractivity contribution < 1.29 is 22.5 Å². The van der Waals surface area contributed by atoms with E-state index < -0.39 is 10.0 Å². The molecular weight excluding hydrogens is 408 g/mol. The summed E-state index contributed by atoms with van der Waals surface area (Å²) >= 11 is 0. The zero-order chi connectivity index (χ0) is 21.7. The molecule has 10 heteroatoms. The fraction of sp³-hybridized carbons (Fsp3) is 0.800. The number of hydrogen-bond acceptors (Lipinski definition) is 7. The van der Waals surface area contributed by atoms with Crippen LogP contribution in [0.25, 0.3) is 0 Å². The molecule has 3 heterocycles. The monoisotopic (exact) mass is 442 g/mol. The third-order valence-corrected chi connectivity index (χ3v) is 7.41. The molecule has 1 aromatic rings. The third kappa shape index (κ3) is 5.60. The van der Waals surface area contributed by atoms with Crippen LogP contribution in [0.3, 0.4) is 0 Å². The van der Waals surface area contributed by atoms with E-state index in [-0.39, 0.29) is 24.2 Å². The van der Waals surface area contributed by atoms with Crippen LogP contribution in [-0.4, -0.2) is 92.3 Å². The molecule has 0 N–H and O–H groups in total. The lowest BCUT2D eigenvalue weighted by molar-refractivity contribution is 0.0633. The Morgan fingerprint density at radius 2 is 1.97 bits per heavy atom. The van der Waals surface area contributed by atoms with Gasteiger partial charge in [-0.15, -0.1) is 0 Å². The Morgan fingerprint density at radius 1 is 1.23 bits per heavy atom. The highest BCUT2D eigenvalue weighted by Crippen LogP contribution is 2.23. The van der Waals surface area contributed by atoms with Crippen LogP contribution in [0.4, 0.5) is 0 Å². The second-order valence-electron chi connectivity index (χ2n) is 8.32. The van der Waals surface area contributed by atoms with Gasteiger partial charge in [-0.3, -0.25) is 4.79 Å². The molecule has 1 atom stereocenters. The van der Waals surface area contributed by atoms with Crippen LogP contribution in [0.2, 0.25) is 0 Å². The van der Waals surface area contributed by atoms with Gasteiger partial charge in [-0.05, 0) is 45.7 Å². The van der Waals surface area contributed by atoms with Crippen molar-refractivity contribution in [3.63, 3.8) is 0 Å². The number of carbonyl (C=O) groups is 1. The number of hydrogen-bond donors (Lipinski definition) is 0. The van der Waals surface area contributed by atoms with E-state index in [1.807, 2.05) is 0 Å². The van der Waals surface area contributed by atoms with Gasteiger partial charge >= 0.3 is 0 Å². The molecule has 1 amide bonds. The largest absolute Gasteiger partial charge is 0.380 e. The van der Waals surface area contributed by atoms with Gasteiger partial charge in [0.25, 0.3) is 5.91 Å². The molecule has 1 aromatic heterocycles. The van der Waals surface area contributed by atoms with Crippen molar-refractivity contribution in [1.29, 1.82) is 0 Å². The molecular formula is C20H34N4O5S. The third-order valence-electron chi connectivity index (χ3n) is 6.08. The number of rotatable bonds is 8. The molecule has 0 aliphatic carbocycles. The number of piperidine rings is 2. The van der Waals surface area contributed by atoms with Crippen molar-refractivity contribution in [1.82, 2.24) is 19.3 Å². The first-order valence-electron chi connectivity index (χ1n) is 10.7. The van der Waals surface area contributed by atoms with Crippen molar-refractivity contribution in [2.45, 2.75) is 51.7 Å². The summed E-state index contributed by atoms with van der Waals surface area (Å²) in [5.74, 6) is 0.334. The maximum Gasteiger partial charge on any atom is 0.276 e. The highest BCUT2D eigenvalue weighted by Gasteiger charge is 2.34. The van der Waals surface area contributed by atoms with Crippen molar-refractivity contribution in [3.05, 3.63) is 17.0 Å². The summed E-state index contributed by atoms with van der Waals surface area (Å²) < 4.78 is 37.1. The number of sulfonamides is 1. The topological polar surface area (TPSA) is 96.2 Å². The summed E-state index contributed by atoms with van der Waals surface area (Å²) in [5.41, 5.74) is 0.906. The number of carbonyl (C=O) groups excluding carboxylic acids is 1. The molecule has 0 bridgehead atoms. The Kier molecular flexibility index (Phi) is 7.89. The van der Waals surface area contributed by atoms with E-state index in [1.165, 1.54) is 25.5 Å². The van der Waals surface area contributed by atoms with Crippen molar-refractivity contribution >= 4 is 15.9 Å². The van der Waals surface area contributed by atoms with Gasteiger partial charge in [-0.25, -0.2) is 8.42 Å². The van der Waals surface area contributed by atoms with Crippen LogP contribution in [0.1, 0.15) is 53.9 Å². The lowest BCUT2D eigenvalue weighted by atomic mass is 10.0. The van der Waals surface area contributed by atoms with E-state index in [2.05, 4.69) is 10.1 Å². The average molecular weight is 443 g/mol.